The summed E-state index contributed by atoms with van der Waals surface area (Å²) in [6, 6.07) is 10.3. The number of carbonyl (C=O) groups excluding carboxylic acids is 1. The van der Waals surface area contributed by atoms with Crippen LogP contribution in [0.1, 0.15) is 21.5 Å². The molecule has 0 saturated carbocycles. The Bertz CT molecular complexity index is 609. The molecular formula is C15H16FN3O. The average molecular weight is 273 g/mol. The highest BCUT2D eigenvalue weighted by Crippen LogP contribution is 2.18. The van der Waals surface area contributed by atoms with Gasteiger partial charge in [0, 0.05) is 22.4 Å². The van der Waals surface area contributed by atoms with Crippen LogP contribution in [0.3, 0.4) is 0 Å². The van der Waals surface area contributed by atoms with E-state index in [1.807, 2.05) is 0 Å². The van der Waals surface area contributed by atoms with Gasteiger partial charge in [-0.3, -0.25) is 10.2 Å². The summed E-state index contributed by atoms with van der Waals surface area (Å²) >= 11 is 0. The predicted molar refractivity (Wildman–Crippen MR) is 78.7 cm³/mol. The molecule has 0 bridgehead atoms. The van der Waals surface area contributed by atoms with Crippen LogP contribution in [0.4, 0.5) is 10.1 Å². The number of aldehydes is 1. The van der Waals surface area contributed by atoms with Gasteiger partial charge in [-0.15, -0.1) is 0 Å². The van der Waals surface area contributed by atoms with Crippen molar-refractivity contribution in [2.24, 2.45) is 5.73 Å². The van der Waals surface area contributed by atoms with Gasteiger partial charge in [-0.2, -0.15) is 0 Å². The lowest BCUT2D eigenvalue weighted by molar-refractivity contribution is 0.112. The number of nitrogen functional groups attached to an aromatic ring is 1. The van der Waals surface area contributed by atoms with E-state index in [0.29, 0.717) is 28.7 Å². The standard InChI is InChI=1S/C14H11FN2O.CH5N/c15-11-4-2-10(3-5-11)14(17)12-7-9(8-18)1-6-13(12)16;1-2/h1-8,17H,16H2;2H2,1H3. The topological polar surface area (TPSA) is 93.0 Å². The summed E-state index contributed by atoms with van der Waals surface area (Å²) in [4.78, 5) is 10.7. The number of nitrogens with two attached hydrogens (primary N) is 2. The summed E-state index contributed by atoms with van der Waals surface area (Å²) in [5.74, 6) is -0.360. The van der Waals surface area contributed by atoms with E-state index in [2.05, 4.69) is 5.73 Å². The Morgan fingerprint density at radius 1 is 1.15 bits per heavy atom. The fourth-order valence-electron chi connectivity index (χ4n) is 1.64. The molecule has 0 unspecified atom stereocenters. The zero-order chi connectivity index (χ0) is 15.1. The zero-order valence-electron chi connectivity index (χ0n) is 11.1. The molecule has 2 rings (SSSR count). The second kappa shape index (κ2) is 7.16. The molecule has 2 aromatic carbocycles. The second-order valence-corrected chi connectivity index (χ2v) is 3.85. The largest absolute Gasteiger partial charge is 0.398 e. The quantitative estimate of drug-likeness (QED) is 0.454. The lowest BCUT2D eigenvalue weighted by atomic mass is 9.99. The maximum atomic E-state index is 12.8. The van der Waals surface area contributed by atoms with Crippen molar-refractivity contribution < 1.29 is 9.18 Å². The van der Waals surface area contributed by atoms with Crippen molar-refractivity contribution in [3.05, 3.63) is 65.0 Å². The lowest BCUT2D eigenvalue weighted by Crippen LogP contribution is -2.06. The number of hydrogen-bond acceptors (Lipinski definition) is 4. The minimum absolute atomic E-state index is 0.163. The molecule has 0 amide bonds. The van der Waals surface area contributed by atoms with Gasteiger partial charge in [0.2, 0.25) is 0 Å². The third-order valence-corrected chi connectivity index (χ3v) is 2.62. The number of nitrogens with one attached hydrogen (secondary N) is 1. The highest BCUT2D eigenvalue weighted by atomic mass is 19.1. The lowest BCUT2D eigenvalue weighted by Gasteiger charge is -2.08. The minimum Gasteiger partial charge on any atom is -0.398 e. The van der Waals surface area contributed by atoms with Gasteiger partial charge in [0.1, 0.15) is 12.1 Å². The minimum atomic E-state index is -0.360. The van der Waals surface area contributed by atoms with Gasteiger partial charge in [-0.25, -0.2) is 4.39 Å². The molecule has 0 aromatic heterocycles. The van der Waals surface area contributed by atoms with Crippen LogP contribution in [0, 0.1) is 11.2 Å². The molecule has 5 N–H and O–H groups in total. The van der Waals surface area contributed by atoms with E-state index in [1.54, 1.807) is 18.2 Å². The van der Waals surface area contributed by atoms with E-state index in [1.165, 1.54) is 31.3 Å². The molecule has 0 aliphatic heterocycles. The molecule has 0 aliphatic carbocycles. The van der Waals surface area contributed by atoms with Crippen molar-refractivity contribution in [2.75, 3.05) is 12.8 Å². The van der Waals surface area contributed by atoms with Crippen LogP contribution >= 0.6 is 0 Å². The first-order valence-electron chi connectivity index (χ1n) is 5.89. The summed E-state index contributed by atoms with van der Waals surface area (Å²) in [6.07, 6.45) is 0.695. The predicted octanol–water partition coefficient (Wildman–Crippen LogP) is 2.21. The molecule has 20 heavy (non-hydrogen) atoms. The third kappa shape index (κ3) is 3.49. The fourth-order valence-corrected chi connectivity index (χ4v) is 1.64. The average Bonchev–Trinajstić information content (AvgIpc) is 2.50. The van der Waals surface area contributed by atoms with E-state index < -0.39 is 0 Å². The maximum Gasteiger partial charge on any atom is 0.150 e. The number of benzene rings is 2. The highest BCUT2D eigenvalue weighted by Gasteiger charge is 2.09. The smallest absolute Gasteiger partial charge is 0.150 e. The van der Waals surface area contributed by atoms with Crippen molar-refractivity contribution in [3.63, 3.8) is 0 Å². The first kappa shape index (κ1) is 15.5. The molecule has 0 atom stereocenters. The van der Waals surface area contributed by atoms with E-state index in [9.17, 15) is 9.18 Å². The monoisotopic (exact) mass is 273 g/mol. The van der Waals surface area contributed by atoms with Crippen LogP contribution in [-0.4, -0.2) is 19.0 Å². The summed E-state index contributed by atoms with van der Waals surface area (Å²) in [7, 11) is 1.50. The SMILES string of the molecule is CN.N=C(c1ccc(F)cc1)c1cc(C=O)ccc1N. The molecule has 0 radical (unpaired) electrons. The van der Waals surface area contributed by atoms with Gasteiger partial charge in [0.05, 0.1) is 5.71 Å². The molecule has 104 valence electrons. The molecule has 0 heterocycles. The van der Waals surface area contributed by atoms with E-state index in [4.69, 9.17) is 11.1 Å². The normalized spacial score (nSPS) is 9.35. The summed E-state index contributed by atoms with van der Waals surface area (Å²) in [5, 5.41) is 8.04. The Balaban J connectivity index is 0.000000956. The van der Waals surface area contributed by atoms with Gasteiger partial charge in [0.15, 0.2) is 0 Å². The van der Waals surface area contributed by atoms with E-state index in [-0.39, 0.29) is 11.5 Å². The van der Waals surface area contributed by atoms with Gasteiger partial charge in [-0.05, 0) is 49.5 Å². The molecule has 0 aliphatic rings. The van der Waals surface area contributed by atoms with Crippen molar-refractivity contribution in [3.8, 4) is 0 Å². The molecule has 5 heteroatoms. The summed E-state index contributed by atoms with van der Waals surface area (Å²) in [5.41, 5.74) is 12.3. The second-order valence-electron chi connectivity index (χ2n) is 3.85. The molecular weight excluding hydrogens is 257 g/mol. The fraction of sp³-hybridized carbons (Fsp3) is 0.0667. The number of rotatable bonds is 3. The number of carbonyl (C=O) groups is 1. The molecule has 0 spiro atoms. The van der Waals surface area contributed by atoms with Crippen LogP contribution in [0.25, 0.3) is 0 Å². The van der Waals surface area contributed by atoms with Crippen molar-refractivity contribution in [1.29, 1.82) is 5.41 Å². The van der Waals surface area contributed by atoms with Crippen LogP contribution in [-0.2, 0) is 0 Å². The Morgan fingerprint density at radius 2 is 1.75 bits per heavy atom. The van der Waals surface area contributed by atoms with Crippen LogP contribution < -0.4 is 11.5 Å². The van der Waals surface area contributed by atoms with E-state index in [0.717, 1.165) is 0 Å². The zero-order valence-corrected chi connectivity index (χ0v) is 11.1. The van der Waals surface area contributed by atoms with Crippen LogP contribution in [0.15, 0.2) is 42.5 Å². The van der Waals surface area contributed by atoms with E-state index >= 15 is 0 Å². The third-order valence-electron chi connectivity index (χ3n) is 2.62. The van der Waals surface area contributed by atoms with Gasteiger partial charge < -0.3 is 11.5 Å². The molecule has 2 aromatic rings. The van der Waals surface area contributed by atoms with Crippen molar-refractivity contribution in [1.82, 2.24) is 0 Å². The Morgan fingerprint density at radius 3 is 2.30 bits per heavy atom. The van der Waals surface area contributed by atoms with Crippen LogP contribution in [0.2, 0.25) is 0 Å². The van der Waals surface area contributed by atoms with Crippen molar-refractivity contribution in [2.45, 2.75) is 0 Å². The van der Waals surface area contributed by atoms with Gasteiger partial charge >= 0.3 is 0 Å². The molecule has 4 nitrogen and oxygen atoms in total. The highest BCUT2D eigenvalue weighted by molar-refractivity contribution is 6.14. The number of hydrogen-bond donors (Lipinski definition) is 3. The first-order valence-corrected chi connectivity index (χ1v) is 5.89. The Hall–Kier alpha value is -2.53. The van der Waals surface area contributed by atoms with Crippen LogP contribution in [0.5, 0.6) is 0 Å². The molecule has 0 fully saturated rings. The summed E-state index contributed by atoms with van der Waals surface area (Å²) in [6.45, 7) is 0. The maximum absolute atomic E-state index is 12.8. The Kier molecular flexibility index (Phi) is 5.56. The Labute approximate surface area is 116 Å². The molecule has 0 saturated heterocycles. The van der Waals surface area contributed by atoms with Gasteiger partial charge in [-0.1, -0.05) is 0 Å². The number of halogens is 1. The number of anilines is 1. The van der Waals surface area contributed by atoms with Crippen molar-refractivity contribution >= 4 is 17.7 Å². The summed E-state index contributed by atoms with van der Waals surface area (Å²) < 4.78 is 12.8. The van der Waals surface area contributed by atoms with Gasteiger partial charge in [0.25, 0.3) is 0 Å². The first-order chi connectivity index (χ1) is 9.61.